The predicted molar refractivity (Wildman–Crippen MR) is 121 cm³/mol. The smallest absolute Gasteiger partial charge is 0.391 e. The molecule has 0 aromatic heterocycles. The molecule has 0 spiro atoms. The Balaban J connectivity index is 1.42. The summed E-state index contributed by atoms with van der Waals surface area (Å²) in [7, 11) is 0. The summed E-state index contributed by atoms with van der Waals surface area (Å²) in [5, 5.41) is 20.5. The first-order valence-corrected chi connectivity index (χ1v) is 13.2. The van der Waals surface area contributed by atoms with E-state index >= 15 is 0 Å². The Kier molecular flexibility index (Phi) is 6.54. The topological polar surface area (TPSA) is 40.5 Å². The first-order valence-electron chi connectivity index (χ1n) is 13.2. The van der Waals surface area contributed by atoms with E-state index in [0.29, 0.717) is 35.0 Å². The summed E-state index contributed by atoms with van der Waals surface area (Å²) >= 11 is 0. The van der Waals surface area contributed by atoms with Crippen LogP contribution in [0, 0.1) is 46.3 Å². The van der Waals surface area contributed by atoms with E-state index in [9.17, 15) is 23.4 Å². The highest BCUT2D eigenvalue weighted by molar-refractivity contribution is 5.10. The van der Waals surface area contributed by atoms with Crippen LogP contribution in [-0.4, -0.2) is 28.1 Å². The van der Waals surface area contributed by atoms with Crippen molar-refractivity contribution in [3.63, 3.8) is 0 Å². The third-order valence-electron chi connectivity index (χ3n) is 11.1. The molecule has 4 rings (SSSR count). The monoisotopic (exact) mass is 458 g/mol. The lowest BCUT2D eigenvalue weighted by Crippen LogP contribution is -2.55. The molecule has 0 radical (unpaired) electrons. The highest BCUT2D eigenvalue weighted by Gasteiger charge is 2.61. The summed E-state index contributed by atoms with van der Waals surface area (Å²) in [6, 6.07) is 0. The lowest BCUT2D eigenvalue weighted by atomic mass is 9.43. The van der Waals surface area contributed by atoms with Crippen LogP contribution in [-0.2, 0) is 0 Å². The number of halogens is 3. The quantitative estimate of drug-likeness (QED) is 0.460. The van der Waals surface area contributed by atoms with Gasteiger partial charge in [0.1, 0.15) is 0 Å². The largest absolute Gasteiger partial charge is 0.393 e. The molecular formula is C27H45F3O2. The van der Waals surface area contributed by atoms with E-state index in [4.69, 9.17) is 0 Å². The van der Waals surface area contributed by atoms with Crippen LogP contribution in [0.1, 0.15) is 105 Å². The van der Waals surface area contributed by atoms with Crippen molar-refractivity contribution in [2.24, 2.45) is 46.3 Å². The van der Waals surface area contributed by atoms with E-state index < -0.39 is 24.3 Å². The Labute approximate surface area is 192 Å². The maximum atomic E-state index is 12.6. The van der Waals surface area contributed by atoms with Crippen LogP contribution in [0.15, 0.2) is 0 Å². The van der Waals surface area contributed by atoms with Gasteiger partial charge in [-0.1, -0.05) is 20.8 Å². The van der Waals surface area contributed by atoms with Crippen molar-refractivity contribution < 1.29 is 23.4 Å². The molecule has 4 aliphatic rings. The Hall–Kier alpha value is -0.290. The van der Waals surface area contributed by atoms with Gasteiger partial charge < -0.3 is 10.2 Å². The molecule has 4 aliphatic carbocycles. The summed E-state index contributed by atoms with van der Waals surface area (Å²) in [6.07, 6.45) is 4.81. The SMILES string of the molecule is C[C@H](CC[C@H](O)CC(F)(F)F)[C@H]1CC[C@H]2[C@@H]3CC[C@H]4C[C@@](C)(O)CCC4(C)[C@H]3CC[C@]12C. The molecule has 32 heavy (non-hydrogen) atoms. The van der Waals surface area contributed by atoms with Crippen LogP contribution in [0.4, 0.5) is 13.2 Å². The Morgan fingerprint density at radius 1 is 0.875 bits per heavy atom. The molecule has 0 heterocycles. The van der Waals surface area contributed by atoms with Gasteiger partial charge in [-0.05, 0) is 124 Å². The summed E-state index contributed by atoms with van der Waals surface area (Å²) in [4.78, 5) is 0. The molecule has 186 valence electrons. The zero-order valence-corrected chi connectivity index (χ0v) is 20.6. The predicted octanol–water partition coefficient (Wildman–Crippen LogP) is 7.13. The zero-order valence-electron chi connectivity index (χ0n) is 20.6. The molecule has 0 aromatic carbocycles. The number of alkyl halides is 3. The first kappa shape index (κ1) is 24.8. The van der Waals surface area contributed by atoms with Crippen molar-refractivity contribution in [1.29, 1.82) is 0 Å². The molecule has 0 bridgehead atoms. The fourth-order valence-corrected chi connectivity index (χ4v) is 9.43. The van der Waals surface area contributed by atoms with E-state index in [1.165, 1.54) is 38.5 Å². The van der Waals surface area contributed by atoms with Gasteiger partial charge in [0.2, 0.25) is 0 Å². The molecule has 2 nitrogen and oxygen atoms in total. The standard InChI is InChI=1S/C27H45F3O2/c1-17(5-7-19(31)16-27(28,29)30)21-9-10-22-20-8-6-18-15-24(2,32)13-14-25(18,3)23(20)11-12-26(21,22)4/h17-23,31-32H,5-16H2,1-4H3/t17-,18+,19+,20+,21-,22+,23+,24+,25?,26-/m1/s1. The van der Waals surface area contributed by atoms with Gasteiger partial charge in [-0.15, -0.1) is 0 Å². The van der Waals surface area contributed by atoms with Gasteiger partial charge in [0.25, 0.3) is 0 Å². The number of hydrogen-bond donors (Lipinski definition) is 2. The fourth-order valence-electron chi connectivity index (χ4n) is 9.43. The van der Waals surface area contributed by atoms with Crippen LogP contribution >= 0.6 is 0 Å². The first-order chi connectivity index (χ1) is 14.8. The van der Waals surface area contributed by atoms with Gasteiger partial charge in [-0.25, -0.2) is 0 Å². The third-order valence-corrected chi connectivity index (χ3v) is 11.1. The number of fused-ring (bicyclic) bond motifs is 5. The molecule has 4 fully saturated rings. The van der Waals surface area contributed by atoms with E-state index in [1.807, 2.05) is 6.92 Å². The van der Waals surface area contributed by atoms with Crippen molar-refractivity contribution in [1.82, 2.24) is 0 Å². The highest BCUT2D eigenvalue weighted by atomic mass is 19.4. The Morgan fingerprint density at radius 3 is 2.25 bits per heavy atom. The van der Waals surface area contributed by atoms with Gasteiger partial charge in [-0.3, -0.25) is 0 Å². The zero-order chi connectivity index (χ0) is 23.5. The van der Waals surface area contributed by atoms with Crippen molar-refractivity contribution in [3.05, 3.63) is 0 Å². The maximum Gasteiger partial charge on any atom is 0.391 e. The number of hydrogen-bond acceptors (Lipinski definition) is 2. The number of aliphatic hydroxyl groups excluding tert-OH is 1. The maximum absolute atomic E-state index is 12.6. The van der Waals surface area contributed by atoms with Gasteiger partial charge in [-0.2, -0.15) is 13.2 Å². The number of rotatable bonds is 5. The molecule has 10 atom stereocenters. The third kappa shape index (κ3) is 4.51. The van der Waals surface area contributed by atoms with E-state index in [2.05, 4.69) is 20.8 Å². The van der Waals surface area contributed by atoms with Gasteiger partial charge in [0, 0.05) is 0 Å². The van der Waals surface area contributed by atoms with Crippen molar-refractivity contribution >= 4 is 0 Å². The second-order valence-electron chi connectivity index (χ2n) is 13.1. The number of aliphatic hydroxyl groups is 2. The minimum absolute atomic E-state index is 0.254. The van der Waals surface area contributed by atoms with Crippen LogP contribution < -0.4 is 0 Å². The van der Waals surface area contributed by atoms with Crippen molar-refractivity contribution in [2.45, 2.75) is 123 Å². The van der Waals surface area contributed by atoms with Crippen molar-refractivity contribution in [2.75, 3.05) is 0 Å². The minimum atomic E-state index is -4.28. The normalized spacial score (nSPS) is 48.5. The molecule has 0 amide bonds. The van der Waals surface area contributed by atoms with Crippen LogP contribution in [0.3, 0.4) is 0 Å². The summed E-state index contributed by atoms with van der Waals surface area (Å²) in [6.45, 7) is 9.23. The fraction of sp³-hybridized carbons (Fsp3) is 1.00. The molecule has 4 saturated carbocycles. The highest BCUT2D eigenvalue weighted by Crippen LogP contribution is 2.68. The Bertz CT molecular complexity index is 676. The van der Waals surface area contributed by atoms with E-state index in [0.717, 1.165) is 37.0 Å². The van der Waals surface area contributed by atoms with Gasteiger partial charge in [0.15, 0.2) is 0 Å². The van der Waals surface area contributed by atoms with E-state index in [1.54, 1.807) is 0 Å². The molecule has 2 N–H and O–H groups in total. The second kappa shape index (κ2) is 8.43. The molecule has 0 aromatic rings. The summed E-state index contributed by atoms with van der Waals surface area (Å²) in [5.41, 5.74) is 0.154. The second-order valence-corrected chi connectivity index (χ2v) is 13.1. The van der Waals surface area contributed by atoms with Crippen LogP contribution in [0.25, 0.3) is 0 Å². The molecular weight excluding hydrogens is 413 g/mol. The van der Waals surface area contributed by atoms with Gasteiger partial charge >= 0.3 is 6.18 Å². The molecule has 5 heteroatoms. The van der Waals surface area contributed by atoms with Crippen LogP contribution in [0.5, 0.6) is 0 Å². The molecule has 0 aliphatic heterocycles. The lowest BCUT2D eigenvalue weighted by Gasteiger charge is -2.62. The van der Waals surface area contributed by atoms with Crippen molar-refractivity contribution in [3.8, 4) is 0 Å². The molecule has 1 unspecified atom stereocenters. The minimum Gasteiger partial charge on any atom is -0.393 e. The van der Waals surface area contributed by atoms with E-state index in [-0.39, 0.29) is 6.42 Å². The van der Waals surface area contributed by atoms with Crippen LogP contribution in [0.2, 0.25) is 0 Å². The average Bonchev–Trinajstić information content (AvgIpc) is 3.02. The molecule has 0 saturated heterocycles. The Morgan fingerprint density at radius 2 is 1.56 bits per heavy atom. The lowest BCUT2D eigenvalue weighted by molar-refractivity contribution is -0.155. The average molecular weight is 459 g/mol. The van der Waals surface area contributed by atoms with Gasteiger partial charge in [0.05, 0.1) is 18.1 Å². The summed E-state index contributed by atoms with van der Waals surface area (Å²) in [5.74, 6) is 3.83. The summed E-state index contributed by atoms with van der Waals surface area (Å²) < 4.78 is 37.8.